The van der Waals surface area contributed by atoms with E-state index in [0.717, 1.165) is 29.5 Å². The molecule has 2 amide bonds. The highest BCUT2D eigenvalue weighted by atomic mass is 32.2. The lowest BCUT2D eigenvalue weighted by atomic mass is 10.1. The Morgan fingerprint density at radius 2 is 1.71 bits per heavy atom. The molecule has 0 aliphatic carbocycles. The second-order valence-corrected chi connectivity index (χ2v) is 11.6. The Hall–Kier alpha value is -3.07. The largest absolute Gasteiger partial charge is 0.497 e. The molecule has 38 heavy (non-hydrogen) atoms. The zero-order valence-corrected chi connectivity index (χ0v) is 24.4. The first-order valence-electron chi connectivity index (χ1n) is 13.3. The summed E-state index contributed by atoms with van der Waals surface area (Å²) in [4.78, 5) is 28.2. The van der Waals surface area contributed by atoms with E-state index in [1.54, 1.807) is 12.0 Å². The van der Waals surface area contributed by atoms with Gasteiger partial charge in [-0.1, -0.05) is 44.5 Å². The number of carbonyl (C=O) groups is 2. The topological polar surface area (TPSA) is 96.0 Å². The minimum absolute atomic E-state index is 0.117. The fourth-order valence-electron chi connectivity index (χ4n) is 4.32. The molecule has 8 nitrogen and oxygen atoms in total. The predicted molar refractivity (Wildman–Crippen MR) is 153 cm³/mol. The quantitative estimate of drug-likeness (QED) is 0.331. The second-order valence-electron chi connectivity index (χ2n) is 9.67. The highest BCUT2D eigenvalue weighted by Crippen LogP contribution is 2.25. The van der Waals surface area contributed by atoms with E-state index in [9.17, 15) is 18.0 Å². The number of nitrogens with one attached hydrogen (secondary N) is 1. The van der Waals surface area contributed by atoms with Crippen LogP contribution in [0.4, 0.5) is 5.69 Å². The van der Waals surface area contributed by atoms with Crippen molar-refractivity contribution in [3.05, 3.63) is 59.2 Å². The predicted octanol–water partition coefficient (Wildman–Crippen LogP) is 4.58. The number of carbonyl (C=O) groups excluding carboxylic acids is 2. The van der Waals surface area contributed by atoms with Crippen LogP contribution in [-0.4, -0.2) is 57.6 Å². The summed E-state index contributed by atoms with van der Waals surface area (Å²) in [5, 5.41) is 2.96. The van der Waals surface area contributed by atoms with Gasteiger partial charge in [-0.15, -0.1) is 0 Å². The Labute approximate surface area is 228 Å². The smallest absolute Gasteiger partial charge is 0.242 e. The van der Waals surface area contributed by atoms with Crippen molar-refractivity contribution < 1.29 is 22.7 Å². The number of sulfonamides is 1. The van der Waals surface area contributed by atoms with Crippen LogP contribution in [-0.2, 0) is 26.2 Å². The maximum absolute atomic E-state index is 13.5. The summed E-state index contributed by atoms with van der Waals surface area (Å²) in [7, 11) is -1.95. The molecule has 0 saturated heterocycles. The number of amides is 2. The standard InChI is InChI=1S/C29H43N3O5S/c1-7-9-18-30-29(34)26(8-2)31(21-24-14-16-25(37-5)17-15-24)28(33)11-10-19-32(38(6,35)36)27-20-22(3)12-13-23(27)4/h12-17,20,26H,7-11,18-19,21H2,1-6H3,(H,30,34)/t26-/m1/s1. The van der Waals surface area contributed by atoms with E-state index >= 15 is 0 Å². The molecule has 2 rings (SSSR count). The van der Waals surface area contributed by atoms with Crippen molar-refractivity contribution in [1.82, 2.24) is 10.2 Å². The first-order valence-corrected chi connectivity index (χ1v) is 15.1. The van der Waals surface area contributed by atoms with Crippen molar-refractivity contribution in [2.45, 2.75) is 72.4 Å². The van der Waals surface area contributed by atoms with Gasteiger partial charge < -0.3 is 15.0 Å². The minimum Gasteiger partial charge on any atom is -0.497 e. The molecule has 0 aliphatic rings. The molecule has 1 atom stereocenters. The maximum Gasteiger partial charge on any atom is 0.242 e. The lowest BCUT2D eigenvalue weighted by Crippen LogP contribution is -2.49. The highest BCUT2D eigenvalue weighted by Gasteiger charge is 2.29. The van der Waals surface area contributed by atoms with E-state index in [-0.39, 0.29) is 31.3 Å². The average Bonchev–Trinajstić information content (AvgIpc) is 2.87. The van der Waals surface area contributed by atoms with Gasteiger partial charge in [-0.05, 0) is 68.0 Å². The Kier molecular flexibility index (Phi) is 12.1. The van der Waals surface area contributed by atoms with Crippen molar-refractivity contribution in [3.63, 3.8) is 0 Å². The van der Waals surface area contributed by atoms with Crippen LogP contribution in [0.5, 0.6) is 5.75 Å². The summed E-state index contributed by atoms with van der Waals surface area (Å²) in [5.74, 6) is 0.354. The zero-order valence-electron chi connectivity index (χ0n) is 23.6. The van der Waals surface area contributed by atoms with Gasteiger partial charge in [0.2, 0.25) is 21.8 Å². The molecule has 0 aromatic heterocycles. The molecule has 0 radical (unpaired) electrons. The van der Waals surface area contributed by atoms with Crippen molar-refractivity contribution in [1.29, 1.82) is 0 Å². The maximum atomic E-state index is 13.5. The number of rotatable bonds is 15. The molecule has 0 heterocycles. The third-order valence-corrected chi connectivity index (χ3v) is 7.69. The number of hydrogen-bond acceptors (Lipinski definition) is 5. The van der Waals surface area contributed by atoms with Crippen LogP contribution in [0.25, 0.3) is 0 Å². The molecule has 2 aromatic carbocycles. The van der Waals surface area contributed by atoms with Crippen LogP contribution in [0.15, 0.2) is 42.5 Å². The normalized spacial score (nSPS) is 12.1. The molecule has 0 saturated carbocycles. The van der Waals surface area contributed by atoms with Crippen LogP contribution < -0.4 is 14.4 Å². The fraction of sp³-hybridized carbons (Fsp3) is 0.517. The molecule has 1 N–H and O–H groups in total. The number of ether oxygens (including phenoxy) is 1. The van der Waals surface area contributed by atoms with E-state index in [1.165, 1.54) is 10.6 Å². The number of nitrogens with zero attached hydrogens (tertiary/aromatic N) is 2. The van der Waals surface area contributed by atoms with Crippen LogP contribution >= 0.6 is 0 Å². The second kappa shape index (κ2) is 14.8. The van der Waals surface area contributed by atoms with E-state index in [1.807, 2.05) is 63.2 Å². The van der Waals surface area contributed by atoms with Gasteiger partial charge in [0.05, 0.1) is 19.1 Å². The number of methoxy groups -OCH3 is 1. The molecule has 210 valence electrons. The monoisotopic (exact) mass is 545 g/mol. The third-order valence-electron chi connectivity index (χ3n) is 6.51. The third kappa shape index (κ3) is 9.04. The molecule has 0 aliphatic heterocycles. The van der Waals surface area contributed by atoms with E-state index in [0.29, 0.717) is 30.8 Å². The van der Waals surface area contributed by atoms with Crippen LogP contribution in [0, 0.1) is 13.8 Å². The van der Waals surface area contributed by atoms with Gasteiger partial charge in [0.1, 0.15) is 11.8 Å². The van der Waals surface area contributed by atoms with Gasteiger partial charge in [0, 0.05) is 26.1 Å². The minimum atomic E-state index is -3.55. The number of anilines is 1. The summed E-state index contributed by atoms with van der Waals surface area (Å²) in [5.41, 5.74) is 3.31. The van der Waals surface area contributed by atoms with Gasteiger partial charge in [0.15, 0.2) is 0 Å². The summed E-state index contributed by atoms with van der Waals surface area (Å²) in [6.45, 7) is 8.75. The van der Waals surface area contributed by atoms with Crippen LogP contribution in [0.3, 0.4) is 0 Å². The molecule has 0 fully saturated rings. The first-order chi connectivity index (χ1) is 18.0. The van der Waals surface area contributed by atoms with Gasteiger partial charge in [0.25, 0.3) is 0 Å². The van der Waals surface area contributed by atoms with Gasteiger partial charge >= 0.3 is 0 Å². The number of benzene rings is 2. The van der Waals surface area contributed by atoms with Crippen LogP contribution in [0.1, 0.15) is 62.6 Å². The zero-order chi connectivity index (χ0) is 28.3. The van der Waals surface area contributed by atoms with Gasteiger partial charge in [-0.3, -0.25) is 13.9 Å². The van der Waals surface area contributed by atoms with E-state index in [4.69, 9.17) is 4.74 Å². The lowest BCUT2D eigenvalue weighted by molar-refractivity contribution is -0.141. The Morgan fingerprint density at radius 3 is 2.29 bits per heavy atom. The molecule has 0 unspecified atom stereocenters. The van der Waals surface area contributed by atoms with Gasteiger partial charge in [-0.25, -0.2) is 8.42 Å². The Bertz CT molecular complexity index is 1170. The highest BCUT2D eigenvalue weighted by molar-refractivity contribution is 7.92. The SMILES string of the molecule is CCCCNC(=O)[C@@H](CC)N(Cc1ccc(OC)cc1)C(=O)CCCN(c1cc(C)ccc1C)S(C)(=O)=O. The molecule has 0 spiro atoms. The average molecular weight is 546 g/mol. The molecule has 2 aromatic rings. The van der Waals surface area contributed by atoms with E-state index in [2.05, 4.69) is 12.2 Å². The first kappa shape index (κ1) is 31.1. The Morgan fingerprint density at radius 1 is 1.03 bits per heavy atom. The summed E-state index contributed by atoms with van der Waals surface area (Å²) in [6, 6.07) is 12.5. The molecule has 0 bridgehead atoms. The number of hydrogen-bond donors (Lipinski definition) is 1. The summed E-state index contributed by atoms with van der Waals surface area (Å²) in [6.07, 6.45) is 3.92. The lowest BCUT2D eigenvalue weighted by Gasteiger charge is -2.31. The van der Waals surface area contributed by atoms with Crippen molar-refractivity contribution in [3.8, 4) is 5.75 Å². The van der Waals surface area contributed by atoms with Crippen LogP contribution in [0.2, 0.25) is 0 Å². The fourth-order valence-corrected chi connectivity index (χ4v) is 5.34. The summed E-state index contributed by atoms with van der Waals surface area (Å²) >= 11 is 0. The van der Waals surface area contributed by atoms with E-state index < -0.39 is 16.1 Å². The Balaban J connectivity index is 2.23. The van der Waals surface area contributed by atoms with Gasteiger partial charge in [-0.2, -0.15) is 0 Å². The van der Waals surface area contributed by atoms with Crippen molar-refractivity contribution in [2.75, 3.05) is 30.8 Å². The molecular formula is C29H43N3O5S. The molecular weight excluding hydrogens is 502 g/mol. The van der Waals surface area contributed by atoms with Crippen molar-refractivity contribution >= 4 is 27.5 Å². The molecule has 9 heteroatoms. The van der Waals surface area contributed by atoms with Crippen molar-refractivity contribution in [2.24, 2.45) is 0 Å². The number of unbranched alkanes of at least 4 members (excludes halogenated alkanes) is 1. The number of aryl methyl sites for hydroxylation is 2. The summed E-state index contributed by atoms with van der Waals surface area (Å²) < 4.78 is 31.9.